The average Bonchev–Trinajstić information content (AvgIpc) is 2.72. The number of hydrogen-bond donors (Lipinski definition) is 1. The Balaban J connectivity index is 2.14. The van der Waals surface area contributed by atoms with Crippen LogP contribution in [0, 0.1) is 12.7 Å². The third kappa shape index (κ3) is 6.59. The number of nitrogens with one attached hydrogen (secondary N) is 1. The Bertz CT molecular complexity index is 825. The first-order valence-electron chi connectivity index (χ1n) is 9.93. The van der Waals surface area contributed by atoms with Crippen LogP contribution in [0.25, 0.3) is 0 Å². The Morgan fingerprint density at radius 2 is 1.83 bits per heavy atom. The maximum atomic E-state index is 13.8. The van der Waals surface area contributed by atoms with Gasteiger partial charge in [0.25, 0.3) is 5.91 Å². The zero-order valence-corrected chi connectivity index (χ0v) is 17.3. The first-order chi connectivity index (χ1) is 13.9. The predicted molar refractivity (Wildman–Crippen MR) is 111 cm³/mol. The van der Waals surface area contributed by atoms with Crippen LogP contribution in [0.5, 0.6) is 5.75 Å². The van der Waals surface area contributed by atoms with Gasteiger partial charge in [0.05, 0.1) is 0 Å². The number of halogens is 1. The summed E-state index contributed by atoms with van der Waals surface area (Å²) in [5.41, 5.74) is 1.97. The lowest BCUT2D eigenvalue weighted by atomic mass is 10.1. The molecule has 0 spiro atoms. The molecule has 0 bridgehead atoms. The largest absolute Gasteiger partial charge is 0.481 e. The van der Waals surface area contributed by atoms with E-state index < -0.39 is 11.9 Å². The van der Waals surface area contributed by atoms with E-state index in [4.69, 9.17) is 4.74 Å². The average molecular weight is 400 g/mol. The molecule has 2 rings (SSSR count). The first kappa shape index (κ1) is 22.4. The molecule has 2 aromatic carbocycles. The molecule has 2 amide bonds. The van der Waals surface area contributed by atoms with Crippen LogP contribution in [-0.4, -0.2) is 35.9 Å². The fraction of sp³-hybridized carbons (Fsp3) is 0.391. The molecule has 0 aliphatic carbocycles. The third-order valence-corrected chi connectivity index (χ3v) is 4.79. The highest BCUT2D eigenvalue weighted by Crippen LogP contribution is 2.17. The number of para-hydroxylation sites is 1. The van der Waals surface area contributed by atoms with Gasteiger partial charge in [-0.25, -0.2) is 4.39 Å². The van der Waals surface area contributed by atoms with Gasteiger partial charge in [0.15, 0.2) is 18.2 Å². The lowest BCUT2D eigenvalue weighted by Crippen LogP contribution is -2.49. The molecule has 0 saturated carbocycles. The van der Waals surface area contributed by atoms with Crippen LogP contribution in [0.15, 0.2) is 48.5 Å². The van der Waals surface area contributed by atoms with Crippen molar-refractivity contribution in [2.45, 2.75) is 46.2 Å². The van der Waals surface area contributed by atoms with Crippen molar-refractivity contribution in [2.24, 2.45) is 0 Å². The third-order valence-electron chi connectivity index (χ3n) is 4.79. The number of nitrogens with zero attached hydrogens (tertiary/aromatic N) is 1. The van der Waals surface area contributed by atoms with Crippen molar-refractivity contribution in [3.8, 4) is 5.75 Å². The molecule has 156 valence electrons. The highest BCUT2D eigenvalue weighted by Gasteiger charge is 2.26. The fourth-order valence-corrected chi connectivity index (χ4v) is 2.87. The van der Waals surface area contributed by atoms with E-state index in [1.54, 1.807) is 19.1 Å². The Kier molecular flexibility index (Phi) is 8.65. The van der Waals surface area contributed by atoms with E-state index in [1.807, 2.05) is 38.1 Å². The van der Waals surface area contributed by atoms with Crippen molar-refractivity contribution in [3.05, 3.63) is 65.5 Å². The molecule has 0 aliphatic heterocycles. The predicted octanol–water partition coefficient (Wildman–Crippen LogP) is 3.85. The van der Waals surface area contributed by atoms with Crippen LogP contribution in [0.2, 0.25) is 0 Å². The second kappa shape index (κ2) is 11.2. The molecule has 0 radical (unpaired) electrons. The van der Waals surface area contributed by atoms with Gasteiger partial charge in [-0.15, -0.1) is 0 Å². The van der Waals surface area contributed by atoms with Crippen LogP contribution in [0.3, 0.4) is 0 Å². The van der Waals surface area contributed by atoms with Crippen molar-refractivity contribution < 1.29 is 18.7 Å². The molecule has 0 fully saturated rings. The molecular weight excluding hydrogens is 371 g/mol. The topological polar surface area (TPSA) is 58.6 Å². The number of unbranched alkanes of at least 4 members (excludes halogenated alkanes) is 1. The zero-order chi connectivity index (χ0) is 21.2. The smallest absolute Gasteiger partial charge is 0.261 e. The molecular formula is C23H29FN2O3. The Morgan fingerprint density at radius 1 is 1.14 bits per heavy atom. The Morgan fingerprint density at radius 3 is 2.52 bits per heavy atom. The van der Waals surface area contributed by atoms with Gasteiger partial charge in [-0.2, -0.15) is 0 Å². The minimum absolute atomic E-state index is 0.0109. The lowest BCUT2D eigenvalue weighted by Gasteiger charge is -2.29. The number of carbonyl (C=O) groups excluding carboxylic acids is 2. The highest BCUT2D eigenvalue weighted by molar-refractivity contribution is 5.88. The van der Waals surface area contributed by atoms with E-state index in [-0.39, 0.29) is 30.7 Å². The van der Waals surface area contributed by atoms with Crippen LogP contribution in [0.1, 0.15) is 37.8 Å². The zero-order valence-electron chi connectivity index (χ0n) is 17.3. The number of aryl methyl sites for hydroxylation is 1. The summed E-state index contributed by atoms with van der Waals surface area (Å²) in [6.07, 6.45) is 1.84. The summed E-state index contributed by atoms with van der Waals surface area (Å²) in [5.74, 6) is -1.12. The van der Waals surface area contributed by atoms with Crippen molar-refractivity contribution in [1.82, 2.24) is 10.2 Å². The number of benzene rings is 2. The SMILES string of the molecule is CCCCNC(=O)[C@H](C)N(Cc1ccccc1C)C(=O)COc1ccccc1F. The second-order valence-electron chi connectivity index (χ2n) is 6.99. The summed E-state index contributed by atoms with van der Waals surface area (Å²) in [6, 6.07) is 13.0. The monoisotopic (exact) mass is 400 g/mol. The Hall–Kier alpha value is -2.89. The minimum atomic E-state index is -0.678. The molecule has 5 nitrogen and oxygen atoms in total. The standard InChI is InChI=1S/C23H29FN2O3/c1-4-5-14-25-23(28)18(3)26(15-19-11-7-6-10-17(19)2)22(27)16-29-21-13-9-8-12-20(21)24/h6-13,18H,4-5,14-16H2,1-3H3,(H,25,28)/t18-/m0/s1. The summed E-state index contributed by atoms with van der Waals surface area (Å²) >= 11 is 0. The molecule has 2 aromatic rings. The minimum Gasteiger partial charge on any atom is -0.481 e. The van der Waals surface area contributed by atoms with Crippen LogP contribution in [-0.2, 0) is 16.1 Å². The second-order valence-corrected chi connectivity index (χ2v) is 6.99. The van der Waals surface area contributed by atoms with Crippen molar-refractivity contribution >= 4 is 11.8 Å². The molecule has 0 heterocycles. The fourth-order valence-electron chi connectivity index (χ4n) is 2.87. The van der Waals surface area contributed by atoms with E-state index >= 15 is 0 Å². The van der Waals surface area contributed by atoms with Gasteiger partial charge in [0.2, 0.25) is 5.91 Å². The highest BCUT2D eigenvalue weighted by atomic mass is 19.1. The van der Waals surface area contributed by atoms with Gasteiger partial charge in [-0.3, -0.25) is 9.59 Å². The maximum Gasteiger partial charge on any atom is 0.261 e. The van der Waals surface area contributed by atoms with Crippen LogP contribution >= 0.6 is 0 Å². The van der Waals surface area contributed by atoms with E-state index in [1.165, 1.54) is 17.0 Å². The number of amides is 2. The van der Waals surface area contributed by atoms with E-state index in [9.17, 15) is 14.0 Å². The van der Waals surface area contributed by atoms with E-state index in [0.29, 0.717) is 6.54 Å². The molecule has 1 N–H and O–H groups in total. The summed E-state index contributed by atoms with van der Waals surface area (Å²) in [6.45, 7) is 6.19. The molecule has 6 heteroatoms. The quantitative estimate of drug-likeness (QED) is 0.617. The number of rotatable bonds is 10. The number of hydrogen-bond acceptors (Lipinski definition) is 3. The normalized spacial score (nSPS) is 11.6. The lowest BCUT2D eigenvalue weighted by molar-refractivity contribution is -0.142. The van der Waals surface area contributed by atoms with Gasteiger partial charge in [0.1, 0.15) is 6.04 Å². The molecule has 29 heavy (non-hydrogen) atoms. The van der Waals surface area contributed by atoms with Crippen molar-refractivity contribution in [1.29, 1.82) is 0 Å². The summed E-state index contributed by atoms with van der Waals surface area (Å²) < 4.78 is 19.2. The number of ether oxygens (including phenoxy) is 1. The first-order valence-corrected chi connectivity index (χ1v) is 9.93. The van der Waals surface area contributed by atoms with E-state index in [2.05, 4.69) is 5.32 Å². The van der Waals surface area contributed by atoms with Crippen LogP contribution in [0.4, 0.5) is 4.39 Å². The van der Waals surface area contributed by atoms with Gasteiger partial charge in [-0.05, 0) is 43.5 Å². The summed E-state index contributed by atoms with van der Waals surface area (Å²) in [5, 5.41) is 2.87. The van der Waals surface area contributed by atoms with Gasteiger partial charge in [-0.1, -0.05) is 49.7 Å². The van der Waals surface area contributed by atoms with Crippen molar-refractivity contribution in [3.63, 3.8) is 0 Å². The molecule has 0 unspecified atom stereocenters. The maximum absolute atomic E-state index is 13.8. The molecule has 1 atom stereocenters. The van der Waals surface area contributed by atoms with Gasteiger partial charge < -0.3 is 15.0 Å². The number of carbonyl (C=O) groups is 2. The van der Waals surface area contributed by atoms with Crippen LogP contribution < -0.4 is 10.1 Å². The molecule has 0 aromatic heterocycles. The van der Waals surface area contributed by atoms with Gasteiger partial charge >= 0.3 is 0 Å². The van der Waals surface area contributed by atoms with Gasteiger partial charge in [0, 0.05) is 13.1 Å². The summed E-state index contributed by atoms with van der Waals surface area (Å²) in [7, 11) is 0. The van der Waals surface area contributed by atoms with Crippen molar-refractivity contribution in [2.75, 3.05) is 13.2 Å². The Labute approximate surface area is 171 Å². The summed E-state index contributed by atoms with van der Waals surface area (Å²) in [4.78, 5) is 27.0. The molecule has 0 saturated heterocycles. The van der Waals surface area contributed by atoms with E-state index in [0.717, 1.165) is 24.0 Å². The molecule has 0 aliphatic rings.